The summed E-state index contributed by atoms with van der Waals surface area (Å²) in [6.07, 6.45) is 3.27. The number of benzene rings is 3. The molecular weight excluding hydrogens is 510 g/mol. The van der Waals surface area contributed by atoms with Gasteiger partial charge < -0.3 is 15.0 Å². The van der Waals surface area contributed by atoms with Gasteiger partial charge in [0.1, 0.15) is 12.3 Å². The van der Waals surface area contributed by atoms with Gasteiger partial charge in [0.05, 0.1) is 17.2 Å². The van der Waals surface area contributed by atoms with Gasteiger partial charge in [0.15, 0.2) is 0 Å². The Labute approximate surface area is 221 Å². The molecule has 0 aromatic heterocycles. The molecule has 1 aliphatic rings. The lowest BCUT2D eigenvalue weighted by molar-refractivity contribution is -0.117. The van der Waals surface area contributed by atoms with Gasteiger partial charge in [0, 0.05) is 29.2 Å². The number of thioether (sulfide) groups is 1. The highest BCUT2D eigenvalue weighted by atomic mass is 32.2. The lowest BCUT2D eigenvalue weighted by atomic mass is 10.2. The molecule has 0 saturated carbocycles. The highest BCUT2D eigenvalue weighted by Crippen LogP contribution is 2.28. The number of nitrogens with zero attached hydrogens (tertiary/aromatic N) is 2. The van der Waals surface area contributed by atoms with Crippen LogP contribution in [-0.4, -0.2) is 46.2 Å². The van der Waals surface area contributed by atoms with Crippen molar-refractivity contribution < 1.29 is 22.7 Å². The zero-order valence-corrected chi connectivity index (χ0v) is 22.3. The smallest absolute Gasteiger partial charge is 0.264 e. The maximum absolute atomic E-state index is 13.6. The number of anilines is 3. The summed E-state index contributed by atoms with van der Waals surface area (Å²) in [7, 11) is -4.04. The molecule has 0 unspecified atom stereocenters. The Kier molecular flexibility index (Phi) is 8.40. The Morgan fingerprint density at radius 1 is 1.03 bits per heavy atom. The van der Waals surface area contributed by atoms with E-state index in [1.165, 1.54) is 11.8 Å². The first-order chi connectivity index (χ1) is 17.8. The summed E-state index contributed by atoms with van der Waals surface area (Å²) in [6.45, 7) is 2.60. The second-order valence-corrected chi connectivity index (χ2v) is 11.1. The van der Waals surface area contributed by atoms with Crippen LogP contribution in [0, 0.1) is 0 Å². The Morgan fingerprint density at radius 3 is 2.27 bits per heavy atom. The Hall–Kier alpha value is -3.50. The predicted octanol–water partition coefficient (Wildman–Crippen LogP) is 4.77. The van der Waals surface area contributed by atoms with Gasteiger partial charge >= 0.3 is 0 Å². The average Bonchev–Trinajstić information content (AvgIpc) is 3.34. The number of rotatable bonds is 10. The maximum Gasteiger partial charge on any atom is 0.264 e. The van der Waals surface area contributed by atoms with E-state index in [4.69, 9.17) is 4.74 Å². The van der Waals surface area contributed by atoms with E-state index in [-0.39, 0.29) is 10.8 Å². The topological polar surface area (TPSA) is 96.0 Å². The zero-order chi connectivity index (χ0) is 26.4. The molecule has 3 aromatic rings. The van der Waals surface area contributed by atoms with E-state index in [0.717, 1.165) is 21.3 Å². The Bertz CT molecular complexity index is 1340. The molecule has 1 aliphatic heterocycles. The van der Waals surface area contributed by atoms with Crippen LogP contribution in [0.25, 0.3) is 0 Å². The molecule has 8 nitrogen and oxygen atoms in total. The van der Waals surface area contributed by atoms with E-state index in [9.17, 15) is 18.0 Å². The maximum atomic E-state index is 13.6. The fourth-order valence-corrected chi connectivity index (χ4v) is 5.87. The molecule has 10 heteroatoms. The summed E-state index contributed by atoms with van der Waals surface area (Å²) in [4.78, 5) is 27.7. The number of carbonyl (C=O) groups is 2. The number of carbonyl (C=O) groups excluding carboxylic acids is 2. The predicted molar refractivity (Wildman–Crippen MR) is 147 cm³/mol. The van der Waals surface area contributed by atoms with Crippen molar-refractivity contribution in [2.45, 2.75) is 29.6 Å². The molecule has 1 heterocycles. The standard InChI is InChI=1S/C27H29N3O5S2/c1-3-35-23-12-10-22(11-13-23)30(37(33,34)25-16-14-24(36-2)15-17-25)19-26(31)28-20-6-8-21(9-7-20)29-18-4-5-27(29)32/h6-17H,3-5,18-19H2,1-2H3,(H,28,31). The number of nitrogens with one attached hydrogen (secondary N) is 1. The van der Waals surface area contributed by atoms with Crippen molar-refractivity contribution >= 4 is 50.7 Å². The number of hydrogen-bond acceptors (Lipinski definition) is 6. The average molecular weight is 540 g/mol. The van der Waals surface area contributed by atoms with Crippen LogP contribution in [0.5, 0.6) is 5.75 Å². The van der Waals surface area contributed by atoms with Crippen molar-refractivity contribution in [2.24, 2.45) is 0 Å². The van der Waals surface area contributed by atoms with Crippen molar-refractivity contribution in [1.82, 2.24) is 0 Å². The van der Waals surface area contributed by atoms with Crippen molar-refractivity contribution in [3.63, 3.8) is 0 Å². The van der Waals surface area contributed by atoms with E-state index in [2.05, 4.69) is 5.32 Å². The molecule has 0 bridgehead atoms. The van der Waals surface area contributed by atoms with Gasteiger partial charge in [-0.1, -0.05) is 0 Å². The summed E-state index contributed by atoms with van der Waals surface area (Å²) >= 11 is 1.51. The van der Waals surface area contributed by atoms with Crippen molar-refractivity contribution in [1.29, 1.82) is 0 Å². The van der Waals surface area contributed by atoms with E-state index in [0.29, 0.717) is 36.7 Å². The second-order valence-electron chi connectivity index (χ2n) is 8.36. The van der Waals surface area contributed by atoms with Crippen LogP contribution in [-0.2, 0) is 19.6 Å². The molecule has 0 atom stereocenters. The first-order valence-corrected chi connectivity index (χ1v) is 14.6. The van der Waals surface area contributed by atoms with Gasteiger partial charge in [-0.15, -0.1) is 11.8 Å². The largest absolute Gasteiger partial charge is 0.494 e. The summed E-state index contributed by atoms with van der Waals surface area (Å²) in [5.41, 5.74) is 1.62. The third-order valence-corrected chi connectivity index (χ3v) is 8.44. The lowest BCUT2D eigenvalue weighted by Crippen LogP contribution is -2.38. The fourth-order valence-electron chi connectivity index (χ4n) is 4.04. The first-order valence-electron chi connectivity index (χ1n) is 11.9. The summed E-state index contributed by atoms with van der Waals surface area (Å²) < 4.78 is 33.8. The molecule has 194 valence electrons. The van der Waals surface area contributed by atoms with Crippen LogP contribution in [0.1, 0.15) is 19.8 Å². The molecule has 1 saturated heterocycles. The van der Waals surface area contributed by atoms with Gasteiger partial charge in [-0.3, -0.25) is 13.9 Å². The van der Waals surface area contributed by atoms with E-state index in [1.807, 2.05) is 13.2 Å². The summed E-state index contributed by atoms with van der Waals surface area (Å²) in [6, 6.07) is 20.1. The Morgan fingerprint density at radius 2 is 1.70 bits per heavy atom. The Balaban J connectivity index is 1.56. The van der Waals surface area contributed by atoms with Crippen LogP contribution >= 0.6 is 11.8 Å². The molecule has 3 aromatic carbocycles. The first kappa shape index (κ1) is 26.6. The molecule has 2 amide bonds. The monoisotopic (exact) mass is 539 g/mol. The van der Waals surface area contributed by atoms with Crippen LogP contribution in [0.15, 0.2) is 82.6 Å². The minimum atomic E-state index is -4.04. The van der Waals surface area contributed by atoms with Crippen molar-refractivity contribution in [2.75, 3.05) is 40.5 Å². The van der Waals surface area contributed by atoms with Gasteiger partial charge in [-0.2, -0.15) is 0 Å². The molecule has 37 heavy (non-hydrogen) atoms. The quantitative estimate of drug-likeness (QED) is 0.373. The van der Waals surface area contributed by atoms with E-state index >= 15 is 0 Å². The van der Waals surface area contributed by atoms with Gasteiger partial charge in [-0.25, -0.2) is 8.42 Å². The van der Waals surface area contributed by atoms with Gasteiger partial charge in [-0.05, 0) is 92.4 Å². The normalized spacial score (nSPS) is 13.5. The number of amides is 2. The molecule has 0 aliphatic carbocycles. The van der Waals surface area contributed by atoms with Crippen molar-refractivity contribution in [3.8, 4) is 5.75 Å². The molecule has 1 N–H and O–H groups in total. The minimum absolute atomic E-state index is 0.0820. The molecule has 0 radical (unpaired) electrons. The van der Waals surface area contributed by atoms with E-state index < -0.39 is 22.5 Å². The van der Waals surface area contributed by atoms with Crippen LogP contribution in [0.3, 0.4) is 0 Å². The fraction of sp³-hybridized carbons (Fsp3) is 0.259. The zero-order valence-electron chi connectivity index (χ0n) is 20.7. The summed E-state index contributed by atoms with van der Waals surface area (Å²) in [5.74, 6) is 0.190. The van der Waals surface area contributed by atoms with Crippen molar-refractivity contribution in [3.05, 3.63) is 72.8 Å². The molecule has 1 fully saturated rings. The SMILES string of the molecule is CCOc1ccc(N(CC(=O)Nc2ccc(N3CCCC3=O)cc2)S(=O)(=O)c2ccc(SC)cc2)cc1. The second kappa shape index (κ2) is 11.7. The van der Waals surface area contributed by atoms with Gasteiger partial charge in [0.25, 0.3) is 10.0 Å². The third kappa shape index (κ3) is 6.26. The molecular formula is C27H29N3O5S2. The van der Waals surface area contributed by atoms with Crippen LogP contribution in [0.4, 0.5) is 17.1 Å². The van der Waals surface area contributed by atoms with Gasteiger partial charge in [0.2, 0.25) is 11.8 Å². The van der Waals surface area contributed by atoms with Crippen LogP contribution in [0.2, 0.25) is 0 Å². The van der Waals surface area contributed by atoms with E-state index in [1.54, 1.807) is 77.7 Å². The third-order valence-electron chi connectivity index (χ3n) is 5.91. The highest BCUT2D eigenvalue weighted by Gasteiger charge is 2.28. The highest BCUT2D eigenvalue weighted by molar-refractivity contribution is 7.98. The molecule has 0 spiro atoms. The lowest BCUT2D eigenvalue weighted by Gasteiger charge is -2.24. The van der Waals surface area contributed by atoms with Crippen LogP contribution < -0.4 is 19.3 Å². The number of sulfonamides is 1. The number of ether oxygens (including phenoxy) is 1. The minimum Gasteiger partial charge on any atom is -0.494 e. The summed E-state index contributed by atoms with van der Waals surface area (Å²) in [5, 5.41) is 2.77. The molecule has 4 rings (SSSR count). The number of hydrogen-bond donors (Lipinski definition) is 1.